The number of carboxylic acids is 1. The van der Waals surface area contributed by atoms with Crippen LogP contribution in [0, 0.1) is 0 Å². The zero-order chi connectivity index (χ0) is 16.7. The highest BCUT2D eigenvalue weighted by molar-refractivity contribution is 5.95. The van der Waals surface area contributed by atoms with E-state index in [1.54, 1.807) is 0 Å². The molecule has 2 aromatic carbocycles. The van der Waals surface area contributed by atoms with Gasteiger partial charge in [0.1, 0.15) is 0 Å². The first kappa shape index (κ1) is 14.9. The number of carbonyl (C=O) groups excluding carboxylic acids is 1. The van der Waals surface area contributed by atoms with Crippen LogP contribution >= 0.6 is 0 Å². The summed E-state index contributed by atoms with van der Waals surface area (Å²) in [4.78, 5) is 24.1. The molecule has 122 valence electrons. The minimum atomic E-state index is -0.836. The molecule has 0 bridgehead atoms. The molecule has 0 fully saturated rings. The van der Waals surface area contributed by atoms with Gasteiger partial charge in [-0.25, -0.2) is 0 Å². The maximum absolute atomic E-state index is 12.6. The Kier molecular flexibility index (Phi) is 3.60. The number of hydrogen-bond acceptors (Lipinski definition) is 2. The molecule has 1 amide bonds. The molecule has 0 saturated heterocycles. The minimum absolute atomic E-state index is 0.129. The molecule has 24 heavy (non-hydrogen) atoms. The summed E-state index contributed by atoms with van der Waals surface area (Å²) in [6, 6.07) is 13.1. The monoisotopic (exact) mass is 321 g/mol. The number of carbonyl (C=O) groups is 2. The number of hydrogen-bond donors (Lipinski definition) is 2. The van der Waals surface area contributed by atoms with Crippen LogP contribution in [0.3, 0.4) is 0 Å². The van der Waals surface area contributed by atoms with Crippen molar-refractivity contribution in [2.75, 3.05) is 0 Å². The van der Waals surface area contributed by atoms with Gasteiger partial charge in [0.05, 0.1) is 12.0 Å². The molecule has 2 unspecified atom stereocenters. The van der Waals surface area contributed by atoms with Crippen LogP contribution in [-0.4, -0.2) is 17.0 Å². The predicted octanol–water partition coefficient (Wildman–Crippen LogP) is 3.22. The van der Waals surface area contributed by atoms with Crippen molar-refractivity contribution in [2.45, 2.75) is 37.6 Å². The summed E-state index contributed by atoms with van der Waals surface area (Å²) in [7, 11) is 0. The standard InChI is InChI=1S/C20H19NO3/c22-19(14-9-8-12-4-3-5-13(12)10-14)21-18-11-17(20(23)24)15-6-1-2-7-16(15)18/h1-2,6-10,17-18H,3-5,11H2,(H,21,22)(H,23,24). The third-order valence-electron chi connectivity index (χ3n) is 5.18. The largest absolute Gasteiger partial charge is 0.481 e. The first-order valence-electron chi connectivity index (χ1n) is 8.38. The Labute approximate surface area is 140 Å². The van der Waals surface area contributed by atoms with Crippen molar-refractivity contribution in [2.24, 2.45) is 0 Å². The first-order valence-corrected chi connectivity index (χ1v) is 8.38. The quantitative estimate of drug-likeness (QED) is 0.912. The van der Waals surface area contributed by atoms with E-state index in [0.717, 1.165) is 30.4 Å². The fourth-order valence-electron chi connectivity index (χ4n) is 3.96. The fraction of sp³-hybridized carbons (Fsp3) is 0.300. The lowest BCUT2D eigenvalue weighted by Gasteiger charge is -2.15. The third kappa shape index (κ3) is 2.48. The second kappa shape index (κ2) is 5.78. The van der Waals surface area contributed by atoms with Gasteiger partial charge in [-0.3, -0.25) is 9.59 Å². The van der Waals surface area contributed by atoms with Crippen LogP contribution in [0.5, 0.6) is 0 Å². The van der Waals surface area contributed by atoms with Crippen LogP contribution in [0.2, 0.25) is 0 Å². The van der Waals surface area contributed by atoms with Gasteiger partial charge in [0.15, 0.2) is 0 Å². The van der Waals surface area contributed by atoms with E-state index in [9.17, 15) is 14.7 Å². The molecular weight excluding hydrogens is 302 g/mol. The molecule has 0 heterocycles. The number of aliphatic carboxylic acids is 1. The van der Waals surface area contributed by atoms with E-state index in [1.807, 2.05) is 42.5 Å². The Bertz CT molecular complexity index is 827. The zero-order valence-electron chi connectivity index (χ0n) is 13.3. The first-order chi connectivity index (χ1) is 11.6. The van der Waals surface area contributed by atoms with E-state index in [2.05, 4.69) is 5.32 Å². The van der Waals surface area contributed by atoms with Gasteiger partial charge in [-0.15, -0.1) is 0 Å². The zero-order valence-corrected chi connectivity index (χ0v) is 13.3. The van der Waals surface area contributed by atoms with Gasteiger partial charge in [0.2, 0.25) is 0 Å². The van der Waals surface area contributed by atoms with Crippen molar-refractivity contribution >= 4 is 11.9 Å². The van der Waals surface area contributed by atoms with Crippen molar-refractivity contribution in [3.8, 4) is 0 Å². The third-order valence-corrected chi connectivity index (χ3v) is 5.18. The summed E-state index contributed by atoms with van der Waals surface area (Å²) in [5, 5.41) is 12.4. The molecule has 2 aliphatic carbocycles. The summed E-state index contributed by atoms with van der Waals surface area (Å²) in [6.07, 6.45) is 3.68. The van der Waals surface area contributed by atoms with E-state index >= 15 is 0 Å². The average Bonchev–Trinajstić information content (AvgIpc) is 3.19. The van der Waals surface area contributed by atoms with Gasteiger partial charge < -0.3 is 10.4 Å². The van der Waals surface area contributed by atoms with Gasteiger partial charge in [-0.2, -0.15) is 0 Å². The highest BCUT2D eigenvalue weighted by Gasteiger charge is 2.35. The molecule has 0 aliphatic heterocycles. The molecular formula is C20H19NO3. The Morgan fingerprint density at radius 3 is 2.54 bits per heavy atom. The van der Waals surface area contributed by atoms with E-state index in [0.29, 0.717) is 12.0 Å². The summed E-state index contributed by atoms with van der Waals surface area (Å²) in [6.45, 7) is 0. The lowest BCUT2D eigenvalue weighted by atomic mass is 10.0. The van der Waals surface area contributed by atoms with Gasteiger partial charge >= 0.3 is 5.97 Å². The molecule has 4 rings (SSSR count). The second-order valence-electron chi connectivity index (χ2n) is 6.62. The molecule has 0 radical (unpaired) electrons. The molecule has 2 aromatic rings. The van der Waals surface area contributed by atoms with Crippen LogP contribution in [0.15, 0.2) is 42.5 Å². The molecule has 0 spiro atoms. The Hall–Kier alpha value is -2.62. The van der Waals surface area contributed by atoms with Gasteiger partial charge in [-0.05, 0) is 60.1 Å². The molecule has 2 aliphatic rings. The normalized spacial score (nSPS) is 21.2. The molecule has 4 heteroatoms. The van der Waals surface area contributed by atoms with E-state index < -0.39 is 11.9 Å². The number of fused-ring (bicyclic) bond motifs is 2. The Balaban J connectivity index is 1.57. The van der Waals surface area contributed by atoms with Crippen LogP contribution in [0.25, 0.3) is 0 Å². The van der Waals surface area contributed by atoms with Crippen LogP contribution in [0.4, 0.5) is 0 Å². The minimum Gasteiger partial charge on any atom is -0.481 e. The maximum atomic E-state index is 12.6. The van der Waals surface area contributed by atoms with Crippen LogP contribution in [-0.2, 0) is 17.6 Å². The average molecular weight is 321 g/mol. The van der Waals surface area contributed by atoms with Crippen molar-refractivity contribution < 1.29 is 14.7 Å². The maximum Gasteiger partial charge on any atom is 0.311 e. The molecule has 0 saturated carbocycles. The summed E-state index contributed by atoms with van der Waals surface area (Å²) >= 11 is 0. The number of rotatable bonds is 3. The molecule has 4 nitrogen and oxygen atoms in total. The lowest BCUT2D eigenvalue weighted by Crippen LogP contribution is -2.27. The number of benzene rings is 2. The van der Waals surface area contributed by atoms with Gasteiger partial charge in [0, 0.05) is 5.56 Å². The topological polar surface area (TPSA) is 66.4 Å². The van der Waals surface area contributed by atoms with Crippen molar-refractivity contribution in [3.05, 3.63) is 70.3 Å². The second-order valence-corrected chi connectivity index (χ2v) is 6.62. The highest BCUT2D eigenvalue weighted by Crippen LogP contribution is 2.40. The van der Waals surface area contributed by atoms with E-state index in [4.69, 9.17) is 0 Å². The number of aryl methyl sites for hydroxylation is 2. The highest BCUT2D eigenvalue weighted by atomic mass is 16.4. The van der Waals surface area contributed by atoms with Crippen molar-refractivity contribution in [1.82, 2.24) is 5.32 Å². The summed E-state index contributed by atoms with van der Waals surface area (Å²) < 4.78 is 0. The summed E-state index contributed by atoms with van der Waals surface area (Å²) in [5.41, 5.74) is 4.98. The lowest BCUT2D eigenvalue weighted by molar-refractivity contribution is -0.138. The number of nitrogens with one attached hydrogen (secondary N) is 1. The van der Waals surface area contributed by atoms with Crippen LogP contribution in [0.1, 0.15) is 57.4 Å². The van der Waals surface area contributed by atoms with Crippen LogP contribution < -0.4 is 5.32 Å². The SMILES string of the molecule is O=C(NC1CC(C(=O)O)c2ccccc21)c1ccc2c(c1)CCC2. The molecule has 2 N–H and O–H groups in total. The number of carboxylic acid groups (broad SMARTS) is 1. The fourth-order valence-corrected chi connectivity index (χ4v) is 3.96. The van der Waals surface area contributed by atoms with E-state index in [1.165, 1.54) is 11.1 Å². The molecule has 0 aromatic heterocycles. The molecule has 2 atom stereocenters. The van der Waals surface area contributed by atoms with Crippen molar-refractivity contribution in [3.63, 3.8) is 0 Å². The van der Waals surface area contributed by atoms with E-state index in [-0.39, 0.29) is 11.9 Å². The van der Waals surface area contributed by atoms with Gasteiger partial charge in [0.25, 0.3) is 5.91 Å². The van der Waals surface area contributed by atoms with Gasteiger partial charge in [-0.1, -0.05) is 30.3 Å². The van der Waals surface area contributed by atoms with Crippen molar-refractivity contribution in [1.29, 1.82) is 0 Å². The summed E-state index contributed by atoms with van der Waals surface area (Å²) in [5.74, 6) is -1.52. The Morgan fingerprint density at radius 2 is 1.75 bits per heavy atom. The number of amides is 1. The smallest absolute Gasteiger partial charge is 0.311 e. The predicted molar refractivity (Wildman–Crippen MR) is 90.1 cm³/mol. The Morgan fingerprint density at radius 1 is 1.00 bits per heavy atom.